The summed E-state index contributed by atoms with van der Waals surface area (Å²) in [6.45, 7) is 6.69. The molecule has 0 aromatic heterocycles. The molecule has 0 N–H and O–H groups in total. The molecule has 0 bridgehead atoms. The van der Waals surface area contributed by atoms with E-state index in [1.165, 1.54) is 43.2 Å². The van der Waals surface area contributed by atoms with Gasteiger partial charge in [-0.25, -0.2) is 0 Å². The van der Waals surface area contributed by atoms with E-state index in [9.17, 15) is 0 Å². The Bertz CT molecular complexity index is 1230. The SMILES string of the molecule is C/C=C\C=C/CC(C1=CC(CC2CO2)[C@H](OCC2CO2)C=CC1)(c1ccc(OCC2CO2)c(CC2CO2)c1)C1CCCCC1. The number of allylic oxidation sites excluding steroid dienone is 6. The Hall–Kier alpha value is -2.22. The molecule has 0 radical (unpaired) electrons. The molecule has 4 heterocycles. The highest BCUT2D eigenvalue weighted by atomic mass is 16.6. The van der Waals surface area contributed by atoms with Crippen molar-refractivity contribution in [3.8, 4) is 5.75 Å². The zero-order valence-corrected chi connectivity index (χ0v) is 26.4. The lowest BCUT2D eigenvalue weighted by Gasteiger charge is -2.45. The van der Waals surface area contributed by atoms with E-state index in [2.05, 4.69) is 67.7 Å². The summed E-state index contributed by atoms with van der Waals surface area (Å²) in [6.07, 6.45) is 27.7. The maximum atomic E-state index is 6.51. The highest BCUT2D eigenvalue weighted by Crippen LogP contribution is 2.52. The van der Waals surface area contributed by atoms with Crippen molar-refractivity contribution in [1.82, 2.24) is 0 Å². The summed E-state index contributed by atoms with van der Waals surface area (Å²) in [5, 5.41) is 0. The van der Waals surface area contributed by atoms with Gasteiger partial charge in [0, 0.05) is 17.8 Å². The molecular weight excluding hydrogens is 552 g/mol. The normalized spacial score (nSPS) is 32.8. The van der Waals surface area contributed by atoms with Crippen molar-refractivity contribution in [3.63, 3.8) is 0 Å². The van der Waals surface area contributed by atoms with Gasteiger partial charge in [0.1, 0.15) is 24.6 Å². The zero-order valence-electron chi connectivity index (χ0n) is 26.4. The number of hydrogen-bond donors (Lipinski definition) is 0. The predicted octanol–water partition coefficient (Wildman–Crippen LogP) is 6.82. The average Bonchev–Trinajstić information content (AvgIpc) is 3.85. The molecule has 4 aliphatic heterocycles. The second kappa shape index (κ2) is 14.0. The van der Waals surface area contributed by atoms with E-state index in [-0.39, 0.29) is 29.6 Å². The predicted molar refractivity (Wildman–Crippen MR) is 171 cm³/mol. The fraction of sp³-hybridized carbons (Fsp3) is 0.632. The number of hydrogen-bond acceptors (Lipinski definition) is 6. The molecule has 4 saturated heterocycles. The summed E-state index contributed by atoms with van der Waals surface area (Å²) in [5.41, 5.74) is 4.12. The average molecular weight is 603 g/mol. The van der Waals surface area contributed by atoms with Crippen LogP contribution in [0.1, 0.15) is 69.4 Å². The molecule has 0 spiro atoms. The highest BCUT2D eigenvalue weighted by Gasteiger charge is 2.45. The summed E-state index contributed by atoms with van der Waals surface area (Å²) < 4.78 is 35.3. The van der Waals surface area contributed by atoms with Crippen LogP contribution in [-0.2, 0) is 35.5 Å². The second-order valence-electron chi connectivity index (χ2n) is 13.6. The molecule has 6 heteroatoms. The Labute approximate surface area is 263 Å². The molecule has 2 aliphatic carbocycles. The van der Waals surface area contributed by atoms with E-state index in [0.29, 0.717) is 31.3 Å². The van der Waals surface area contributed by atoms with E-state index in [4.69, 9.17) is 28.4 Å². The first kappa shape index (κ1) is 30.4. The van der Waals surface area contributed by atoms with Crippen molar-refractivity contribution in [2.45, 2.75) is 101 Å². The summed E-state index contributed by atoms with van der Waals surface area (Å²) >= 11 is 0. The van der Waals surface area contributed by atoms with Gasteiger partial charge in [0.15, 0.2) is 0 Å². The first-order chi connectivity index (χ1) is 21.7. The molecule has 5 fully saturated rings. The van der Waals surface area contributed by atoms with Crippen LogP contribution in [0.2, 0.25) is 0 Å². The lowest BCUT2D eigenvalue weighted by Crippen LogP contribution is -2.39. The highest BCUT2D eigenvalue weighted by molar-refractivity contribution is 5.47. The summed E-state index contributed by atoms with van der Waals surface area (Å²) in [6, 6.07) is 7.11. The van der Waals surface area contributed by atoms with Crippen molar-refractivity contribution in [1.29, 1.82) is 0 Å². The maximum Gasteiger partial charge on any atom is 0.122 e. The molecule has 6 unspecified atom stereocenters. The van der Waals surface area contributed by atoms with Crippen molar-refractivity contribution >= 4 is 0 Å². The Balaban J connectivity index is 1.30. The van der Waals surface area contributed by atoms with Crippen LogP contribution in [0.25, 0.3) is 0 Å². The summed E-state index contributed by atoms with van der Waals surface area (Å²) in [7, 11) is 0. The van der Waals surface area contributed by atoms with E-state index >= 15 is 0 Å². The molecule has 1 aromatic carbocycles. The van der Waals surface area contributed by atoms with Crippen LogP contribution in [0.5, 0.6) is 5.75 Å². The van der Waals surface area contributed by atoms with E-state index in [1.807, 2.05) is 0 Å². The molecule has 238 valence electrons. The molecule has 0 amide bonds. The van der Waals surface area contributed by atoms with E-state index in [1.54, 1.807) is 5.57 Å². The van der Waals surface area contributed by atoms with Crippen molar-refractivity contribution in [2.75, 3.05) is 39.6 Å². The Kier molecular flexibility index (Phi) is 9.72. The first-order valence-electron chi connectivity index (χ1n) is 17.2. The van der Waals surface area contributed by atoms with Gasteiger partial charge >= 0.3 is 0 Å². The third-order valence-corrected chi connectivity index (χ3v) is 10.3. The lowest BCUT2D eigenvalue weighted by atomic mass is 9.58. The van der Waals surface area contributed by atoms with Crippen molar-refractivity contribution in [2.24, 2.45) is 11.8 Å². The van der Waals surface area contributed by atoms with Crippen LogP contribution in [0, 0.1) is 11.8 Å². The van der Waals surface area contributed by atoms with E-state index in [0.717, 1.165) is 57.9 Å². The minimum Gasteiger partial charge on any atom is -0.491 e. The summed E-state index contributed by atoms with van der Waals surface area (Å²) in [5.74, 6) is 1.83. The topological polar surface area (TPSA) is 68.6 Å². The van der Waals surface area contributed by atoms with E-state index < -0.39 is 0 Å². The second-order valence-corrected chi connectivity index (χ2v) is 13.6. The minimum absolute atomic E-state index is 0.0477. The van der Waals surface area contributed by atoms with Crippen LogP contribution in [0.15, 0.2) is 66.3 Å². The number of epoxide rings is 4. The molecule has 1 saturated carbocycles. The van der Waals surface area contributed by atoms with Gasteiger partial charge in [0.2, 0.25) is 0 Å². The van der Waals surface area contributed by atoms with Gasteiger partial charge in [0.25, 0.3) is 0 Å². The maximum absolute atomic E-state index is 6.51. The van der Waals surface area contributed by atoms with Gasteiger partial charge in [-0.15, -0.1) is 0 Å². The zero-order chi connectivity index (χ0) is 29.8. The van der Waals surface area contributed by atoms with Crippen LogP contribution in [0.4, 0.5) is 0 Å². The Morgan fingerprint density at radius 2 is 1.64 bits per heavy atom. The minimum atomic E-state index is -0.114. The largest absolute Gasteiger partial charge is 0.491 e. The van der Waals surface area contributed by atoms with Gasteiger partial charge in [-0.05, 0) is 62.1 Å². The first-order valence-corrected chi connectivity index (χ1v) is 17.2. The van der Waals surface area contributed by atoms with Gasteiger partial charge < -0.3 is 28.4 Å². The van der Waals surface area contributed by atoms with Crippen LogP contribution < -0.4 is 4.74 Å². The van der Waals surface area contributed by atoms with Crippen LogP contribution in [0.3, 0.4) is 0 Å². The number of ether oxygens (including phenoxy) is 6. The molecule has 1 aromatic rings. The lowest BCUT2D eigenvalue weighted by molar-refractivity contribution is 0.0433. The van der Waals surface area contributed by atoms with Gasteiger partial charge in [-0.1, -0.05) is 79.5 Å². The molecule has 7 rings (SSSR count). The standard InChI is InChI=1S/C38H50O6/c1-2-3-4-8-16-38(29-10-6-5-7-11-29,31-14-15-37(44-26-35-24-42-35)28(18-31)20-33-22-40-33)30-12-9-13-36(43-25-34-23-41-34)27(17-30)19-32-21-39-32/h2-4,8-9,13-15,17-18,27,29,32-36H,5-7,10-12,16,19-26H2,1H3/b3-2-,8-4-/t27?,32?,33?,34?,35?,36-,38?/m1/s1. The third kappa shape index (κ3) is 7.76. The fourth-order valence-corrected chi connectivity index (χ4v) is 7.57. The Morgan fingerprint density at radius 3 is 2.36 bits per heavy atom. The van der Waals surface area contributed by atoms with Crippen molar-refractivity contribution < 1.29 is 28.4 Å². The number of benzene rings is 1. The van der Waals surface area contributed by atoms with Gasteiger partial charge in [0.05, 0.1) is 51.3 Å². The number of rotatable bonds is 16. The molecule has 7 atom stereocenters. The van der Waals surface area contributed by atoms with Gasteiger partial charge in [-0.2, -0.15) is 0 Å². The third-order valence-electron chi connectivity index (χ3n) is 10.3. The van der Waals surface area contributed by atoms with Crippen molar-refractivity contribution in [3.05, 3.63) is 77.4 Å². The molecular formula is C38H50O6. The fourth-order valence-electron chi connectivity index (χ4n) is 7.57. The monoisotopic (exact) mass is 602 g/mol. The van der Waals surface area contributed by atoms with Crippen LogP contribution in [-0.4, -0.2) is 70.2 Å². The summed E-state index contributed by atoms with van der Waals surface area (Å²) in [4.78, 5) is 0. The van der Waals surface area contributed by atoms with Crippen LogP contribution >= 0.6 is 0 Å². The molecule has 6 aliphatic rings. The Morgan fingerprint density at radius 1 is 0.886 bits per heavy atom. The quantitative estimate of drug-likeness (QED) is 0.118. The molecule has 44 heavy (non-hydrogen) atoms. The molecule has 6 nitrogen and oxygen atoms in total. The smallest absolute Gasteiger partial charge is 0.122 e. The van der Waals surface area contributed by atoms with Gasteiger partial charge in [-0.3, -0.25) is 0 Å².